The molecule has 2 amide bonds. The predicted molar refractivity (Wildman–Crippen MR) is 70.5 cm³/mol. The van der Waals surface area contributed by atoms with Crippen LogP contribution in [0.25, 0.3) is 0 Å². The smallest absolute Gasteiger partial charge is 0.326 e. The zero-order valence-electron chi connectivity index (χ0n) is 11.9. The van der Waals surface area contributed by atoms with Crippen molar-refractivity contribution >= 4 is 18.0 Å². The number of methoxy groups -OCH3 is 1. The number of piperidine rings is 1. The number of likely N-dealkylation sites (tertiary alicyclic amines) is 2. The lowest BCUT2D eigenvalue weighted by molar-refractivity contribution is -0.147. The van der Waals surface area contributed by atoms with E-state index in [1.807, 2.05) is 0 Å². The molecular weight excluding hydrogens is 280 g/mol. The summed E-state index contributed by atoms with van der Waals surface area (Å²) in [7, 11) is 1.31. The van der Waals surface area contributed by atoms with Gasteiger partial charge in [-0.15, -0.1) is 0 Å². The van der Waals surface area contributed by atoms with Crippen LogP contribution in [0.4, 0.5) is 4.79 Å². The van der Waals surface area contributed by atoms with Gasteiger partial charge in [-0.3, -0.25) is 4.79 Å². The van der Waals surface area contributed by atoms with Crippen LogP contribution in [0.15, 0.2) is 0 Å². The minimum Gasteiger partial charge on any atom is -0.480 e. The molecule has 0 radical (unpaired) electrons. The normalized spacial score (nSPS) is 29.3. The number of nitrogens with zero attached hydrogens (tertiary/aromatic N) is 2. The third-order valence-electron chi connectivity index (χ3n) is 4.04. The molecule has 2 rings (SSSR count). The molecule has 0 aromatic carbocycles. The maximum absolute atomic E-state index is 12.4. The van der Waals surface area contributed by atoms with Crippen LogP contribution in [0.1, 0.15) is 19.3 Å². The number of aliphatic hydroxyl groups excluding tert-OH is 1. The molecule has 1 unspecified atom stereocenters. The van der Waals surface area contributed by atoms with Gasteiger partial charge in [-0.25, -0.2) is 9.59 Å². The fraction of sp³-hybridized carbons (Fsp3) is 0.769. The Labute approximate surface area is 122 Å². The number of hydrogen-bond donors (Lipinski definition) is 2. The van der Waals surface area contributed by atoms with Gasteiger partial charge in [-0.1, -0.05) is 0 Å². The number of hydrogen-bond acceptors (Lipinski definition) is 5. The third kappa shape index (κ3) is 3.26. The van der Waals surface area contributed by atoms with Gasteiger partial charge in [-0.2, -0.15) is 0 Å². The molecule has 3 atom stereocenters. The number of urea groups is 1. The van der Waals surface area contributed by atoms with Crippen molar-refractivity contribution in [2.24, 2.45) is 5.92 Å². The molecule has 0 spiro atoms. The van der Waals surface area contributed by atoms with Gasteiger partial charge in [-0.05, 0) is 12.8 Å². The second kappa shape index (κ2) is 6.30. The van der Waals surface area contributed by atoms with Gasteiger partial charge in [0, 0.05) is 26.1 Å². The monoisotopic (exact) mass is 300 g/mol. The molecular formula is C13H20N2O6. The van der Waals surface area contributed by atoms with E-state index < -0.39 is 24.1 Å². The van der Waals surface area contributed by atoms with Crippen LogP contribution in [0.3, 0.4) is 0 Å². The minimum absolute atomic E-state index is 0.00912. The first kappa shape index (κ1) is 15.6. The first-order valence-corrected chi connectivity index (χ1v) is 6.98. The lowest BCUT2D eigenvalue weighted by Crippen LogP contribution is -2.52. The lowest BCUT2D eigenvalue weighted by Gasteiger charge is -2.35. The van der Waals surface area contributed by atoms with Crippen molar-refractivity contribution in [3.8, 4) is 0 Å². The van der Waals surface area contributed by atoms with E-state index in [0.717, 1.165) is 0 Å². The average molecular weight is 300 g/mol. The van der Waals surface area contributed by atoms with Crippen LogP contribution in [-0.4, -0.2) is 76.9 Å². The molecule has 0 aliphatic carbocycles. The van der Waals surface area contributed by atoms with Crippen LogP contribution in [0.5, 0.6) is 0 Å². The quantitative estimate of drug-likeness (QED) is 0.666. The van der Waals surface area contributed by atoms with Gasteiger partial charge in [0.05, 0.1) is 19.1 Å². The van der Waals surface area contributed by atoms with Gasteiger partial charge in [0.15, 0.2) is 0 Å². The zero-order chi connectivity index (χ0) is 15.6. The SMILES string of the molecule is COC(=O)C1CCCN(C(=O)N2C[C@@H](O)C[C@H]2C(=O)O)C1. The molecule has 0 aromatic heterocycles. The van der Waals surface area contributed by atoms with E-state index in [2.05, 4.69) is 0 Å². The molecule has 0 bridgehead atoms. The van der Waals surface area contributed by atoms with E-state index in [9.17, 15) is 19.5 Å². The van der Waals surface area contributed by atoms with E-state index in [1.54, 1.807) is 0 Å². The molecule has 8 heteroatoms. The number of ether oxygens (including phenoxy) is 1. The summed E-state index contributed by atoms with van der Waals surface area (Å²) < 4.78 is 4.70. The van der Waals surface area contributed by atoms with Crippen molar-refractivity contribution in [3.63, 3.8) is 0 Å². The van der Waals surface area contributed by atoms with Crippen LogP contribution in [0.2, 0.25) is 0 Å². The highest BCUT2D eigenvalue weighted by Gasteiger charge is 2.41. The molecule has 2 N–H and O–H groups in total. The number of carboxylic acid groups (broad SMARTS) is 1. The summed E-state index contributed by atoms with van der Waals surface area (Å²) in [6.07, 6.45) is 0.535. The number of carbonyl (C=O) groups is 3. The van der Waals surface area contributed by atoms with Gasteiger partial charge < -0.3 is 24.7 Å². The fourth-order valence-electron chi connectivity index (χ4n) is 2.95. The topological polar surface area (TPSA) is 107 Å². The van der Waals surface area contributed by atoms with E-state index in [0.29, 0.717) is 19.4 Å². The van der Waals surface area contributed by atoms with Crippen LogP contribution >= 0.6 is 0 Å². The van der Waals surface area contributed by atoms with Crippen LogP contribution in [-0.2, 0) is 14.3 Å². The van der Waals surface area contributed by atoms with Gasteiger partial charge in [0.25, 0.3) is 0 Å². The highest BCUT2D eigenvalue weighted by Crippen LogP contribution is 2.24. The summed E-state index contributed by atoms with van der Waals surface area (Å²) in [5.41, 5.74) is 0. The van der Waals surface area contributed by atoms with Crippen molar-refractivity contribution in [1.82, 2.24) is 9.80 Å². The molecule has 8 nitrogen and oxygen atoms in total. The zero-order valence-corrected chi connectivity index (χ0v) is 11.9. The second-order valence-corrected chi connectivity index (χ2v) is 5.49. The Bertz CT molecular complexity index is 440. The number of carboxylic acids is 1. The maximum atomic E-state index is 12.4. The van der Waals surface area contributed by atoms with Gasteiger partial charge in [0.2, 0.25) is 0 Å². The number of aliphatic carboxylic acids is 1. The van der Waals surface area contributed by atoms with E-state index in [1.165, 1.54) is 16.9 Å². The first-order valence-electron chi connectivity index (χ1n) is 6.98. The van der Waals surface area contributed by atoms with Gasteiger partial charge >= 0.3 is 18.0 Å². The van der Waals surface area contributed by atoms with Crippen molar-refractivity contribution in [2.75, 3.05) is 26.7 Å². The molecule has 2 fully saturated rings. The summed E-state index contributed by atoms with van der Waals surface area (Å²) in [5.74, 6) is -1.85. The van der Waals surface area contributed by atoms with Crippen molar-refractivity contribution < 1.29 is 29.3 Å². The summed E-state index contributed by atoms with van der Waals surface area (Å²) in [4.78, 5) is 37.8. The maximum Gasteiger partial charge on any atom is 0.326 e. The largest absolute Gasteiger partial charge is 0.480 e. The highest BCUT2D eigenvalue weighted by atomic mass is 16.5. The number of rotatable bonds is 2. The summed E-state index contributed by atoms with van der Waals surface area (Å²) >= 11 is 0. The molecule has 2 heterocycles. The fourth-order valence-corrected chi connectivity index (χ4v) is 2.95. The predicted octanol–water partition coefficient (Wildman–Crippen LogP) is -0.489. The number of amides is 2. The number of aliphatic hydroxyl groups is 1. The minimum atomic E-state index is -1.12. The van der Waals surface area contributed by atoms with Crippen molar-refractivity contribution in [1.29, 1.82) is 0 Å². The standard InChI is InChI=1S/C13H20N2O6/c1-21-12(19)8-3-2-4-14(6-8)13(20)15-7-9(16)5-10(15)11(17)18/h8-10,16H,2-7H2,1H3,(H,17,18)/t8?,9-,10-/m0/s1. The Balaban J connectivity index is 2.05. The van der Waals surface area contributed by atoms with Crippen LogP contribution < -0.4 is 0 Å². The molecule has 2 aliphatic heterocycles. The Kier molecular flexibility index (Phi) is 4.66. The van der Waals surface area contributed by atoms with Crippen molar-refractivity contribution in [2.45, 2.75) is 31.4 Å². The molecule has 2 saturated heterocycles. The third-order valence-corrected chi connectivity index (χ3v) is 4.04. The molecule has 21 heavy (non-hydrogen) atoms. The molecule has 2 aliphatic rings. The number of esters is 1. The van der Waals surface area contributed by atoms with E-state index in [-0.39, 0.29) is 31.4 Å². The van der Waals surface area contributed by atoms with Gasteiger partial charge in [0.1, 0.15) is 6.04 Å². The summed E-state index contributed by atoms with van der Waals surface area (Å²) in [6, 6.07) is -1.45. The average Bonchev–Trinajstić information content (AvgIpc) is 2.88. The van der Waals surface area contributed by atoms with Crippen LogP contribution in [0, 0.1) is 5.92 Å². The Morgan fingerprint density at radius 3 is 2.57 bits per heavy atom. The van der Waals surface area contributed by atoms with E-state index >= 15 is 0 Å². The Morgan fingerprint density at radius 2 is 1.95 bits per heavy atom. The molecule has 0 saturated carbocycles. The Morgan fingerprint density at radius 1 is 1.24 bits per heavy atom. The Hall–Kier alpha value is -1.83. The number of carbonyl (C=O) groups excluding carboxylic acids is 2. The summed E-state index contributed by atoms with van der Waals surface area (Å²) in [6.45, 7) is 0.713. The second-order valence-electron chi connectivity index (χ2n) is 5.49. The number of β-amino-alcohol motifs (C(OH)–C–C–N with tert-alkyl or cyclic N) is 1. The molecule has 118 valence electrons. The lowest BCUT2D eigenvalue weighted by atomic mass is 9.98. The van der Waals surface area contributed by atoms with E-state index in [4.69, 9.17) is 9.84 Å². The van der Waals surface area contributed by atoms with Crippen molar-refractivity contribution in [3.05, 3.63) is 0 Å². The summed E-state index contributed by atoms with van der Waals surface area (Å²) in [5, 5.41) is 18.7. The highest BCUT2D eigenvalue weighted by molar-refractivity contribution is 5.84. The first-order chi connectivity index (χ1) is 9.93. The molecule has 0 aromatic rings.